The van der Waals surface area contributed by atoms with E-state index in [1.165, 1.54) is 5.56 Å². The van der Waals surface area contributed by atoms with Crippen molar-refractivity contribution in [2.45, 2.75) is 46.1 Å². The van der Waals surface area contributed by atoms with E-state index in [1.807, 2.05) is 51.4 Å². The van der Waals surface area contributed by atoms with Crippen molar-refractivity contribution < 1.29 is 8.42 Å². The van der Waals surface area contributed by atoms with Crippen LogP contribution in [0.4, 0.5) is 0 Å². The molecule has 0 amide bonds. The lowest BCUT2D eigenvalue weighted by Gasteiger charge is -2.19. The number of rotatable bonds is 4. The average Bonchev–Trinajstić information content (AvgIpc) is 2.94. The Labute approximate surface area is 131 Å². The molecule has 1 heterocycles. The van der Waals surface area contributed by atoms with Crippen LogP contribution in [0.1, 0.15) is 33.4 Å². The summed E-state index contributed by atoms with van der Waals surface area (Å²) >= 11 is 1.56. The highest BCUT2D eigenvalue weighted by atomic mass is 32.2. The maximum absolute atomic E-state index is 12.7. The van der Waals surface area contributed by atoms with Crippen LogP contribution in [0.2, 0.25) is 0 Å². The highest BCUT2D eigenvalue weighted by Crippen LogP contribution is 2.29. The van der Waals surface area contributed by atoms with Gasteiger partial charge in [0.25, 0.3) is 0 Å². The summed E-state index contributed by atoms with van der Waals surface area (Å²) in [5.41, 5.74) is 5.94. The van der Waals surface area contributed by atoms with E-state index in [0.29, 0.717) is 11.4 Å². The highest BCUT2D eigenvalue weighted by Gasteiger charge is 2.23. The van der Waals surface area contributed by atoms with Crippen LogP contribution in [0.15, 0.2) is 21.7 Å². The molecule has 0 unspecified atom stereocenters. The van der Waals surface area contributed by atoms with E-state index in [-0.39, 0.29) is 0 Å². The minimum atomic E-state index is -3.50. The third kappa shape index (κ3) is 3.05. The van der Waals surface area contributed by atoms with E-state index in [2.05, 4.69) is 4.72 Å². The predicted molar refractivity (Wildman–Crippen MR) is 88.5 cm³/mol. The number of thiophene rings is 1. The molecule has 21 heavy (non-hydrogen) atoms. The molecule has 0 aliphatic rings. The van der Waals surface area contributed by atoms with Crippen LogP contribution in [0, 0.1) is 34.6 Å². The Morgan fingerprint density at radius 2 is 1.48 bits per heavy atom. The molecule has 2 aromatic rings. The molecular formula is C16H21NO2S2. The van der Waals surface area contributed by atoms with Crippen LogP contribution in [0.5, 0.6) is 0 Å². The van der Waals surface area contributed by atoms with Crippen LogP contribution in [-0.2, 0) is 16.6 Å². The number of hydrogen-bond donors (Lipinski definition) is 1. The van der Waals surface area contributed by atoms with Crippen molar-refractivity contribution in [2.24, 2.45) is 0 Å². The molecule has 2 rings (SSSR count). The van der Waals surface area contributed by atoms with Crippen LogP contribution in [0.3, 0.4) is 0 Å². The van der Waals surface area contributed by atoms with Crippen molar-refractivity contribution in [3.05, 3.63) is 50.2 Å². The highest BCUT2D eigenvalue weighted by molar-refractivity contribution is 7.89. The summed E-state index contributed by atoms with van der Waals surface area (Å²) in [6.07, 6.45) is 0. The molecule has 0 fully saturated rings. The van der Waals surface area contributed by atoms with Crippen LogP contribution < -0.4 is 4.72 Å². The Morgan fingerprint density at radius 1 is 0.952 bits per heavy atom. The fourth-order valence-electron chi connectivity index (χ4n) is 2.51. The molecule has 3 nitrogen and oxygen atoms in total. The van der Waals surface area contributed by atoms with E-state index in [0.717, 1.165) is 27.8 Å². The van der Waals surface area contributed by atoms with Gasteiger partial charge in [-0.1, -0.05) is 0 Å². The van der Waals surface area contributed by atoms with Crippen molar-refractivity contribution in [2.75, 3.05) is 0 Å². The second-order valence-electron chi connectivity index (χ2n) is 5.41. The van der Waals surface area contributed by atoms with Gasteiger partial charge in [0, 0.05) is 6.54 Å². The molecule has 1 aromatic carbocycles. The molecule has 0 spiro atoms. The first-order valence-corrected chi connectivity index (χ1v) is 9.26. The lowest BCUT2D eigenvalue weighted by Crippen LogP contribution is -2.25. The van der Waals surface area contributed by atoms with Gasteiger partial charge in [-0.25, -0.2) is 13.1 Å². The summed E-state index contributed by atoms with van der Waals surface area (Å²) in [4.78, 5) is 0.429. The summed E-state index contributed by atoms with van der Waals surface area (Å²) in [7, 11) is -3.50. The fraction of sp³-hybridized carbons (Fsp3) is 0.375. The maximum atomic E-state index is 12.7. The zero-order chi connectivity index (χ0) is 15.8. The van der Waals surface area contributed by atoms with Crippen molar-refractivity contribution in [3.8, 4) is 0 Å². The zero-order valence-electron chi connectivity index (χ0n) is 13.1. The van der Waals surface area contributed by atoms with Gasteiger partial charge in [0.15, 0.2) is 0 Å². The molecular weight excluding hydrogens is 302 g/mol. The fourth-order valence-corrected chi connectivity index (χ4v) is 4.79. The molecule has 0 saturated carbocycles. The average molecular weight is 323 g/mol. The molecule has 5 heteroatoms. The Kier molecular flexibility index (Phi) is 4.56. The van der Waals surface area contributed by atoms with E-state index in [9.17, 15) is 8.42 Å². The van der Waals surface area contributed by atoms with Crippen molar-refractivity contribution in [1.82, 2.24) is 4.72 Å². The van der Waals surface area contributed by atoms with Gasteiger partial charge in [0.1, 0.15) is 0 Å². The standard InChI is InChI=1S/C16H21NO2S2/c1-10-11(2)13(4)16(14(5)12(10)3)21(18,19)17-8-15-6-7-20-9-15/h6-7,9,17H,8H2,1-5H3. The molecule has 0 bridgehead atoms. The monoisotopic (exact) mass is 323 g/mol. The normalized spacial score (nSPS) is 11.9. The molecule has 0 aliphatic carbocycles. The molecule has 1 aromatic heterocycles. The van der Waals surface area contributed by atoms with E-state index >= 15 is 0 Å². The van der Waals surface area contributed by atoms with Gasteiger partial charge >= 0.3 is 0 Å². The Bertz CT molecular complexity index is 731. The summed E-state index contributed by atoms with van der Waals surface area (Å²) in [5.74, 6) is 0. The first kappa shape index (κ1) is 16.2. The molecule has 0 radical (unpaired) electrons. The number of nitrogens with one attached hydrogen (secondary N) is 1. The first-order chi connectivity index (χ1) is 9.75. The maximum Gasteiger partial charge on any atom is 0.241 e. The Morgan fingerprint density at radius 3 is 1.95 bits per heavy atom. The van der Waals surface area contributed by atoms with Crippen LogP contribution in [0.25, 0.3) is 0 Å². The van der Waals surface area contributed by atoms with Gasteiger partial charge in [-0.15, -0.1) is 0 Å². The lowest BCUT2D eigenvalue weighted by molar-refractivity contribution is 0.579. The lowest BCUT2D eigenvalue weighted by atomic mass is 9.95. The predicted octanol–water partition coefficient (Wildman–Crippen LogP) is 3.77. The molecule has 114 valence electrons. The molecule has 0 saturated heterocycles. The zero-order valence-corrected chi connectivity index (χ0v) is 14.7. The summed E-state index contributed by atoms with van der Waals surface area (Å²) in [6, 6.07) is 1.93. The van der Waals surface area contributed by atoms with Crippen molar-refractivity contribution in [3.63, 3.8) is 0 Å². The van der Waals surface area contributed by atoms with Crippen molar-refractivity contribution in [1.29, 1.82) is 0 Å². The van der Waals surface area contributed by atoms with E-state index in [4.69, 9.17) is 0 Å². The second-order valence-corrected chi connectivity index (χ2v) is 7.89. The van der Waals surface area contributed by atoms with Gasteiger partial charge in [-0.2, -0.15) is 11.3 Å². The van der Waals surface area contributed by atoms with Gasteiger partial charge in [-0.05, 0) is 84.8 Å². The summed E-state index contributed by atoms with van der Waals surface area (Å²) in [5, 5.41) is 3.90. The van der Waals surface area contributed by atoms with Gasteiger partial charge in [0.2, 0.25) is 10.0 Å². The largest absolute Gasteiger partial charge is 0.241 e. The quantitative estimate of drug-likeness (QED) is 0.931. The molecule has 0 aliphatic heterocycles. The number of benzene rings is 1. The van der Waals surface area contributed by atoms with Crippen LogP contribution >= 0.6 is 11.3 Å². The summed E-state index contributed by atoms with van der Waals surface area (Å²) in [6.45, 7) is 10.1. The Balaban J connectivity index is 2.45. The van der Waals surface area contributed by atoms with E-state index < -0.39 is 10.0 Å². The smallest absolute Gasteiger partial charge is 0.207 e. The van der Waals surface area contributed by atoms with Crippen molar-refractivity contribution >= 4 is 21.4 Å². The van der Waals surface area contributed by atoms with Gasteiger partial charge in [-0.3, -0.25) is 0 Å². The van der Waals surface area contributed by atoms with E-state index in [1.54, 1.807) is 11.3 Å². The SMILES string of the molecule is Cc1c(C)c(C)c(S(=O)(=O)NCc2ccsc2)c(C)c1C. The first-order valence-electron chi connectivity index (χ1n) is 6.83. The third-order valence-corrected chi connectivity index (χ3v) is 6.65. The second kappa shape index (κ2) is 5.91. The minimum absolute atomic E-state index is 0.330. The van der Waals surface area contributed by atoms with Gasteiger partial charge < -0.3 is 0 Å². The number of hydrogen-bond acceptors (Lipinski definition) is 3. The molecule has 1 N–H and O–H groups in total. The number of sulfonamides is 1. The summed E-state index contributed by atoms with van der Waals surface area (Å²) < 4.78 is 28.1. The molecule has 0 atom stereocenters. The third-order valence-electron chi connectivity index (χ3n) is 4.25. The minimum Gasteiger partial charge on any atom is -0.207 e. The van der Waals surface area contributed by atoms with Gasteiger partial charge in [0.05, 0.1) is 4.90 Å². The van der Waals surface area contributed by atoms with Crippen LogP contribution in [-0.4, -0.2) is 8.42 Å². The topological polar surface area (TPSA) is 46.2 Å². The Hall–Kier alpha value is -1.17.